The molecule has 0 aliphatic carbocycles. The molecule has 0 fully saturated rings. The molecule has 0 bridgehead atoms. The van der Waals surface area contributed by atoms with Gasteiger partial charge in [-0.05, 0) is 26.3 Å². The van der Waals surface area contributed by atoms with Gasteiger partial charge < -0.3 is 15.5 Å². The second kappa shape index (κ2) is 5.84. The first-order valence-corrected chi connectivity index (χ1v) is 5.61. The predicted octanol–water partition coefficient (Wildman–Crippen LogP) is 2.00. The fourth-order valence-corrected chi connectivity index (χ4v) is 1.69. The van der Waals surface area contributed by atoms with Gasteiger partial charge in [-0.2, -0.15) is 0 Å². The van der Waals surface area contributed by atoms with Gasteiger partial charge in [-0.15, -0.1) is 0 Å². The van der Waals surface area contributed by atoms with E-state index in [-0.39, 0.29) is 16.6 Å². The Kier molecular flexibility index (Phi) is 4.72. The Morgan fingerprint density at radius 3 is 2.76 bits per heavy atom. The highest BCUT2D eigenvalue weighted by Crippen LogP contribution is 2.18. The minimum Gasteiger partial charge on any atom is -0.478 e. The third-order valence-corrected chi connectivity index (χ3v) is 2.48. The van der Waals surface area contributed by atoms with Crippen LogP contribution in [0.1, 0.15) is 30.6 Å². The summed E-state index contributed by atoms with van der Waals surface area (Å²) < 4.78 is 0. The maximum Gasteiger partial charge on any atom is 0.337 e. The number of nitrogens with zero attached hydrogens (tertiary/aromatic N) is 1. The molecule has 0 spiro atoms. The second-order valence-corrected chi connectivity index (χ2v) is 4.39. The Morgan fingerprint density at radius 2 is 2.24 bits per heavy atom. The molecule has 0 aromatic carbocycles. The number of carbonyl (C=O) groups is 1. The van der Waals surface area contributed by atoms with Crippen LogP contribution in [0.4, 0.5) is 5.82 Å². The molecule has 0 aliphatic rings. The maximum atomic E-state index is 10.9. The van der Waals surface area contributed by atoms with Crippen LogP contribution in [0.5, 0.6) is 0 Å². The van der Waals surface area contributed by atoms with Crippen LogP contribution in [0.2, 0.25) is 5.02 Å². The molecule has 5 nitrogen and oxygen atoms in total. The minimum atomic E-state index is -1.09. The van der Waals surface area contributed by atoms with Crippen LogP contribution in [0.15, 0.2) is 12.3 Å². The van der Waals surface area contributed by atoms with E-state index in [1.54, 1.807) is 6.92 Å². The summed E-state index contributed by atoms with van der Waals surface area (Å²) in [5.74, 6) is -0.663. The lowest BCUT2D eigenvalue weighted by Crippen LogP contribution is -2.21. The Labute approximate surface area is 104 Å². The number of carboxylic acid groups (broad SMARTS) is 1. The molecule has 0 aliphatic heterocycles. The number of carboxylic acids is 1. The van der Waals surface area contributed by atoms with Crippen molar-refractivity contribution in [1.82, 2.24) is 4.98 Å². The first kappa shape index (κ1) is 13.7. The number of nitrogens with one attached hydrogen (secondary N) is 1. The zero-order valence-corrected chi connectivity index (χ0v) is 10.4. The van der Waals surface area contributed by atoms with Crippen molar-refractivity contribution in [1.29, 1.82) is 0 Å². The van der Waals surface area contributed by atoms with E-state index in [1.165, 1.54) is 12.3 Å². The number of aliphatic hydroxyl groups is 1. The summed E-state index contributed by atoms with van der Waals surface area (Å²) in [7, 11) is 0. The highest BCUT2D eigenvalue weighted by molar-refractivity contribution is 6.33. The summed E-state index contributed by atoms with van der Waals surface area (Å²) in [5, 5.41) is 21.2. The van der Waals surface area contributed by atoms with E-state index >= 15 is 0 Å². The number of aromatic carboxylic acids is 1. The fraction of sp³-hybridized carbons (Fsp3) is 0.455. The van der Waals surface area contributed by atoms with E-state index in [2.05, 4.69) is 10.3 Å². The highest BCUT2D eigenvalue weighted by Gasteiger charge is 2.12. The molecule has 2 unspecified atom stereocenters. The van der Waals surface area contributed by atoms with E-state index in [1.807, 2.05) is 6.92 Å². The Morgan fingerprint density at radius 1 is 1.59 bits per heavy atom. The van der Waals surface area contributed by atoms with E-state index < -0.39 is 12.1 Å². The van der Waals surface area contributed by atoms with Crippen LogP contribution < -0.4 is 5.32 Å². The number of aromatic nitrogens is 1. The number of halogens is 1. The van der Waals surface area contributed by atoms with Gasteiger partial charge in [0.2, 0.25) is 0 Å². The van der Waals surface area contributed by atoms with E-state index in [4.69, 9.17) is 16.7 Å². The van der Waals surface area contributed by atoms with Crippen molar-refractivity contribution >= 4 is 23.4 Å². The zero-order valence-electron chi connectivity index (χ0n) is 9.64. The van der Waals surface area contributed by atoms with Crippen LogP contribution in [0, 0.1) is 0 Å². The topological polar surface area (TPSA) is 82.5 Å². The average molecular weight is 259 g/mol. The Bertz CT molecular complexity index is 410. The molecule has 94 valence electrons. The standard InChI is InChI=1S/C11H15ClN2O3/c1-6(3-7(2)15)14-10-4-8(11(16)17)9(12)5-13-10/h4-7,15H,3H2,1-2H3,(H,13,14)(H,16,17). The van der Waals surface area contributed by atoms with Crippen molar-refractivity contribution in [2.45, 2.75) is 32.4 Å². The lowest BCUT2D eigenvalue weighted by atomic mass is 10.1. The molecular formula is C11H15ClN2O3. The van der Waals surface area contributed by atoms with Crippen LogP contribution in [-0.2, 0) is 0 Å². The molecule has 17 heavy (non-hydrogen) atoms. The summed E-state index contributed by atoms with van der Waals surface area (Å²) in [6, 6.07) is 1.37. The van der Waals surface area contributed by atoms with E-state index in [9.17, 15) is 9.90 Å². The summed E-state index contributed by atoms with van der Waals surface area (Å²) >= 11 is 5.70. The lowest BCUT2D eigenvalue weighted by Gasteiger charge is -2.16. The number of aliphatic hydroxyl groups excluding tert-OH is 1. The van der Waals surface area contributed by atoms with Gasteiger partial charge in [0.15, 0.2) is 0 Å². The van der Waals surface area contributed by atoms with E-state index in [0.717, 1.165) is 0 Å². The largest absolute Gasteiger partial charge is 0.478 e. The van der Waals surface area contributed by atoms with Crippen molar-refractivity contribution in [2.24, 2.45) is 0 Å². The molecule has 0 saturated heterocycles. The van der Waals surface area contributed by atoms with Gasteiger partial charge in [0.1, 0.15) is 5.82 Å². The van der Waals surface area contributed by atoms with Gasteiger partial charge in [0.25, 0.3) is 0 Å². The fourth-order valence-electron chi connectivity index (χ4n) is 1.50. The predicted molar refractivity (Wildman–Crippen MR) is 65.6 cm³/mol. The molecule has 0 amide bonds. The van der Waals surface area contributed by atoms with Gasteiger partial charge >= 0.3 is 5.97 Å². The normalized spacial score (nSPS) is 14.1. The summed E-state index contributed by atoms with van der Waals surface area (Å²) in [6.45, 7) is 3.57. The number of hydrogen-bond acceptors (Lipinski definition) is 4. The lowest BCUT2D eigenvalue weighted by molar-refractivity contribution is 0.0697. The molecule has 3 N–H and O–H groups in total. The number of rotatable bonds is 5. The molecule has 1 rings (SSSR count). The zero-order chi connectivity index (χ0) is 13.0. The SMILES string of the molecule is CC(O)CC(C)Nc1cc(C(=O)O)c(Cl)cn1. The van der Waals surface area contributed by atoms with Gasteiger partial charge in [-0.25, -0.2) is 9.78 Å². The number of anilines is 1. The van der Waals surface area contributed by atoms with E-state index in [0.29, 0.717) is 12.2 Å². The monoisotopic (exact) mass is 258 g/mol. The van der Waals surface area contributed by atoms with Crippen molar-refractivity contribution in [3.8, 4) is 0 Å². The smallest absolute Gasteiger partial charge is 0.337 e. The van der Waals surface area contributed by atoms with Crippen LogP contribution in [-0.4, -0.2) is 33.3 Å². The van der Waals surface area contributed by atoms with Crippen molar-refractivity contribution in [3.05, 3.63) is 22.8 Å². The highest BCUT2D eigenvalue weighted by atomic mass is 35.5. The average Bonchev–Trinajstić information content (AvgIpc) is 2.19. The van der Waals surface area contributed by atoms with Crippen LogP contribution in [0.25, 0.3) is 0 Å². The second-order valence-electron chi connectivity index (χ2n) is 3.98. The number of pyridine rings is 1. The molecule has 0 radical (unpaired) electrons. The summed E-state index contributed by atoms with van der Waals surface area (Å²) in [5.41, 5.74) is 0.00779. The molecule has 2 atom stereocenters. The molecule has 1 aromatic rings. The van der Waals surface area contributed by atoms with Gasteiger partial charge in [-0.3, -0.25) is 0 Å². The van der Waals surface area contributed by atoms with Crippen LogP contribution >= 0.6 is 11.6 Å². The first-order chi connectivity index (χ1) is 7.90. The summed E-state index contributed by atoms with van der Waals surface area (Å²) in [6.07, 6.45) is 1.42. The quantitative estimate of drug-likeness (QED) is 0.753. The van der Waals surface area contributed by atoms with Gasteiger partial charge in [0.05, 0.1) is 16.7 Å². The molecule has 1 heterocycles. The maximum absolute atomic E-state index is 10.9. The molecule has 0 saturated carbocycles. The molecular weight excluding hydrogens is 244 g/mol. The third kappa shape index (κ3) is 4.20. The summed E-state index contributed by atoms with van der Waals surface area (Å²) in [4.78, 5) is 14.8. The van der Waals surface area contributed by atoms with Crippen LogP contribution in [0.3, 0.4) is 0 Å². The first-order valence-electron chi connectivity index (χ1n) is 5.23. The third-order valence-electron chi connectivity index (χ3n) is 2.17. The van der Waals surface area contributed by atoms with Gasteiger partial charge in [0, 0.05) is 12.2 Å². The van der Waals surface area contributed by atoms with Gasteiger partial charge in [-0.1, -0.05) is 11.6 Å². The Balaban J connectivity index is 2.79. The molecule has 6 heteroatoms. The number of hydrogen-bond donors (Lipinski definition) is 3. The van der Waals surface area contributed by atoms with Crippen molar-refractivity contribution < 1.29 is 15.0 Å². The van der Waals surface area contributed by atoms with Crippen molar-refractivity contribution in [3.63, 3.8) is 0 Å². The van der Waals surface area contributed by atoms with Crippen molar-refractivity contribution in [2.75, 3.05) is 5.32 Å². The Hall–Kier alpha value is -1.33. The minimum absolute atomic E-state index is 0.00779. The molecule has 1 aromatic heterocycles.